The van der Waals surface area contributed by atoms with Crippen LogP contribution < -0.4 is 4.72 Å². The summed E-state index contributed by atoms with van der Waals surface area (Å²) < 4.78 is 34.4. The summed E-state index contributed by atoms with van der Waals surface area (Å²) in [6, 6.07) is 12.3. The van der Waals surface area contributed by atoms with E-state index in [4.69, 9.17) is 4.42 Å². The van der Waals surface area contributed by atoms with Crippen LogP contribution in [0.5, 0.6) is 0 Å². The van der Waals surface area contributed by atoms with Crippen molar-refractivity contribution in [2.75, 3.05) is 4.72 Å². The van der Waals surface area contributed by atoms with Crippen molar-refractivity contribution in [3.8, 4) is 0 Å². The van der Waals surface area contributed by atoms with E-state index in [1.807, 2.05) is 19.1 Å². The fourth-order valence-corrected chi connectivity index (χ4v) is 5.22. The lowest BCUT2D eigenvalue weighted by Gasteiger charge is -2.33. The molecule has 1 atom stereocenters. The van der Waals surface area contributed by atoms with E-state index in [2.05, 4.69) is 25.5 Å². The fourth-order valence-electron chi connectivity index (χ4n) is 4.08. The predicted molar refractivity (Wildman–Crippen MR) is 113 cm³/mol. The van der Waals surface area contributed by atoms with Crippen LogP contribution in [0.25, 0.3) is 11.0 Å². The number of rotatable bonds is 3. The van der Waals surface area contributed by atoms with Gasteiger partial charge in [-0.25, -0.2) is 8.42 Å². The van der Waals surface area contributed by atoms with Gasteiger partial charge in [0.15, 0.2) is 0 Å². The van der Waals surface area contributed by atoms with Crippen molar-refractivity contribution in [3.63, 3.8) is 0 Å². The third-order valence-electron chi connectivity index (χ3n) is 5.91. The van der Waals surface area contributed by atoms with Crippen LogP contribution in [0.2, 0.25) is 0 Å². The topological polar surface area (TPSA) is 59.3 Å². The molecule has 0 fully saturated rings. The molecule has 28 heavy (non-hydrogen) atoms. The van der Waals surface area contributed by atoms with Crippen LogP contribution in [0, 0.1) is 18.3 Å². The third-order valence-corrected chi connectivity index (χ3v) is 7.30. The maximum atomic E-state index is 12.8. The van der Waals surface area contributed by atoms with E-state index >= 15 is 0 Å². The molecule has 0 spiro atoms. The van der Waals surface area contributed by atoms with Crippen LogP contribution >= 0.6 is 0 Å². The maximum Gasteiger partial charge on any atom is 0.261 e. The molecule has 4 nitrogen and oxygen atoms in total. The molecule has 1 N–H and O–H groups in total. The van der Waals surface area contributed by atoms with Crippen molar-refractivity contribution >= 4 is 26.7 Å². The summed E-state index contributed by atoms with van der Waals surface area (Å²) in [6.07, 6.45) is 3.04. The third kappa shape index (κ3) is 3.44. The van der Waals surface area contributed by atoms with Gasteiger partial charge < -0.3 is 4.42 Å². The number of hydrogen-bond donors (Lipinski definition) is 1. The smallest absolute Gasteiger partial charge is 0.261 e. The fraction of sp³-hybridized carbons (Fsp3) is 0.391. The van der Waals surface area contributed by atoms with Gasteiger partial charge >= 0.3 is 0 Å². The minimum Gasteiger partial charge on any atom is -0.461 e. The Morgan fingerprint density at radius 3 is 2.50 bits per heavy atom. The van der Waals surface area contributed by atoms with Gasteiger partial charge in [0.25, 0.3) is 10.0 Å². The summed E-state index contributed by atoms with van der Waals surface area (Å²) in [5.41, 5.74) is 3.79. The summed E-state index contributed by atoms with van der Waals surface area (Å²) in [7, 11) is -3.62. The number of aryl methyl sites for hydroxylation is 2. The standard InChI is InChI=1S/C23H27NO3S/c1-15-12-22-19(18-13-16(23(2,3)4)10-11-21(18)27-22)14-20(15)24-28(25,26)17-8-6-5-7-9-17/h5-9,12,14,16,24H,10-11,13H2,1-4H3. The highest BCUT2D eigenvalue weighted by molar-refractivity contribution is 7.92. The van der Waals surface area contributed by atoms with Crippen LogP contribution in [0.15, 0.2) is 51.8 Å². The van der Waals surface area contributed by atoms with E-state index in [-0.39, 0.29) is 10.3 Å². The van der Waals surface area contributed by atoms with Gasteiger partial charge in [0.05, 0.1) is 10.6 Å². The van der Waals surface area contributed by atoms with E-state index in [9.17, 15) is 8.42 Å². The highest BCUT2D eigenvalue weighted by Gasteiger charge is 2.32. The second-order valence-corrected chi connectivity index (χ2v) is 10.6. The van der Waals surface area contributed by atoms with Crippen LogP contribution in [-0.2, 0) is 22.9 Å². The largest absolute Gasteiger partial charge is 0.461 e. The first kappa shape index (κ1) is 19.1. The van der Waals surface area contributed by atoms with Crippen molar-refractivity contribution in [1.29, 1.82) is 0 Å². The second kappa shape index (κ2) is 6.66. The Morgan fingerprint density at radius 1 is 1.11 bits per heavy atom. The molecule has 0 bridgehead atoms. The lowest BCUT2D eigenvalue weighted by molar-refractivity contribution is 0.210. The highest BCUT2D eigenvalue weighted by atomic mass is 32.2. The van der Waals surface area contributed by atoms with Gasteiger partial charge in [-0.1, -0.05) is 39.0 Å². The molecule has 0 saturated carbocycles. The van der Waals surface area contributed by atoms with Crippen LogP contribution in [-0.4, -0.2) is 8.42 Å². The summed E-state index contributed by atoms with van der Waals surface area (Å²) in [4.78, 5) is 0.261. The molecule has 1 aliphatic rings. The number of fused-ring (bicyclic) bond motifs is 3. The summed E-state index contributed by atoms with van der Waals surface area (Å²) >= 11 is 0. The molecule has 3 aromatic rings. The molecule has 5 heteroatoms. The molecule has 4 rings (SSSR count). The van der Waals surface area contributed by atoms with Gasteiger partial charge in [-0.05, 0) is 60.9 Å². The minimum absolute atomic E-state index is 0.240. The number of furan rings is 1. The number of nitrogens with one attached hydrogen (secondary N) is 1. The molecule has 2 aromatic carbocycles. The monoisotopic (exact) mass is 397 g/mol. The van der Waals surface area contributed by atoms with E-state index in [0.717, 1.165) is 41.6 Å². The summed E-state index contributed by atoms with van der Waals surface area (Å²) in [6.45, 7) is 8.76. The molecule has 1 unspecified atom stereocenters. The van der Waals surface area contributed by atoms with Gasteiger partial charge in [0.2, 0.25) is 0 Å². The van der Waals surface area contributed by atoms with E-state index < -0.39 is 10.0 Å². The average molecular weight is 398 g/mol. The minimum atomic E-state index is -3.62. The number of benzene rings is 2. The maximum absolute atomic E-state index is 12.8. The van der Waals surface area contributed by atoms with E-state index in [1.54, 1.807) is 30.3 Å². The zero-order chi connectivity index (χ0) is 20.1. The van der Waals surface area contributed by atoms with Crippen LogP contribution in [0.4, 0.5) is 5.69 Å². The van der Waals surface area contributed by atoms with E-state index in [0.29, 0.717) is 11.6 Å². The SMILES string of the molecule is Cc1cc2oc3c(c2cc1NS(=O)(=O)c1ccccc1)CC(C(C)(C)C)CC3. The molecule has 0 amide bonds. The number of anilines is 1. The normalized spacial score (nSPS) is 17.5. The summed E-state index contributed by atoms with van der Waals surface area (Å²) in [5.74, 6) is 1.64. The van der Waals surface area contributed by atoms with E-state index in [1.165, 1.54) is 5.56 Å². The molecule has 1 aliphatic carbocycles. The Balaban J connectivity index is 1.74. The van der Waals surface area contributed by atoms with Crippen molar-refractivity contribution < 1.29 is 12.8 Å². The molecule has 148 valence electrons. The molecule has 0 aliphatic heterocycles. The van der Waals surface area contributed by atoms with Gasteiger partial charge in [-0.15, -0.1) is 0 Å². The van der Waals surface area contributed by atoms with Gasteiger partial charge in [-0.3, -0.25) is 4.72 Å². The van der Waals surface area contributed by atoms with Crippen LogP contribution in [0.1, 0.15) is 44.1 Å². The first-order valence-electron chi connectivity index (χ1n) is 9.78. The molecular formula is C23H27NO3S. The first-order chi connectivity index (χ1) is 13.1. The Hall–Kier alpha value is -2.27. The zero-order valence-electron chi connectivity index (χ0n) is 16.9. The number of sulfonamides is 1. The zero-order valence-corrected chi connectivity index (χ0v) is 17.7. The van der Waals surface area contributed by atoms with Crippen molar-refractivity contribution in [1.82, 2.24) is 0 Å². The summed E-state index contributed by atoms with van der Waals surface area (Å²) in [5, 5.41) is 1.03. The Labute approximate surface area is 167 Å². The molecule has 0 radical (unpaired) electrons. The Bertz CT molecular complexity index is 1120. The first-order valence-corrected chi connectivity index (χ1v) is 11.3. The van der Waals surface area contributed by atoms with Crippen molar-refractivity contribution in [2.24, 2.45) is 11.3 Å². The highest BCUT2D eigenvalue weighted by Crippen LogP contribution is 2.42. The molecule has 1 aromatic heterocycles. The molecule has 0 saturated heterocycles. The van der Waals surface area contributed by atoms with Gasteiger partial charge in [-0.2, -0.15) is 0 Å². The Morgan fingerprint density at radius 2 is 1.82 bits per heavy atom. The van der Waals surface area contributed by atoms with Gasteiger partial charge in [0, 0.05) is 17.4 Å². The average Bonchev–Trinajstić information content (AvgIpc) is 2.98. The Kier molecular flexibility index (Phi) is 4.53. The van der Waals surface area contributed by atoms with Gasteiger partial charge in [0.1, 0.15) is 11.3 Å². The lowest BCUT2D eigenvalue weighted by atomic mass is 9.71. The molecule has 1 heterocycles. The molecular weight excluding hydrogens is 370 g/mol. The predicted octanol–water partition coefficient (Wildman–Crippen LogP) is 5.69. The van der Waals surface area contributed by atoms with Crippen LogP contribution in [0.3, 0.4) is 0 Å². The van der Waals surface area contributed by atoms with Crippen molar-refractivity contribution in [2.45, 2.75) is 51.9 Å². The lowest BCUT2D eigenvalue weighted by Crippen LogP contribution is -2.26. The second-order valence-electron chi connectivity index (χ2n) is 8.89. The quantitative estimate of drug-likeness (QED) is 0.617. The number of hydrogen-bond acceptors (Lipinski definition) is 3. The van der Waals surface area contributed by atoms with Crippen molar-refractivity contribution in [3.05, 3.63) is 59.4 Å².